The summed E-state index contributed by atoms with van der Waals surface area (Å²) in [6.07, 6.45) is 2.56. The fraction of sp³-hybridized carbons (Fsp3) is 0.300. The van der Waals surface area contributed by atoms with Crippen LogP contribution in [-0.2, 0) is 0 Å². The first-order chi connectivity index (χ1) is 6.70. The van der Waals surface area contributed by atoms with Gasteiger partial charge in [-0.05, 0) is 12.1 Å². The molecule has 0 aliphatic carbocycles. The van der Waals surface area contributed by atoms with Crippen LogP contribution in [0.3, 0.4) is 0 Å². The Morgan fingerprint density at radius 3 is 2.93 bits per heavy atom. The van der Waals surface area contributed by atoms with E-state index < -0.39 is 0 Å². The van der Waals surface area contributed by atoms with Gasteiger partial charge in [-0.2, -0.15) is 5.10 Å². The zero-order valence-corrected chi connectivity index (χ0v) is 8.14. The molecule has 0 aliphatic rings. The molecule has 2 heterocycles. The summed E-state index contributed by atoms with van der Waals surface area (Å²) in [5, 5.41) is 4.28. The normalized spacial score (nSPS) is 11.1. The van der Waals surface area contributed by atoms with Crippen molar-refractivity contribution in [1.29, 1.82) is 0 Å². The van der Waals surface area contributed by atoms with Gasteiger partial charge in [0.15, 0.2) is 11.5 Å². The van der Waals surface area contributed by atoms with Crippen LogP contribution in [0.2, 0.25) is 0 Å². The van der Waals surface area contributed by atoms with Crippen molar-refractivity contribution in [3.05, 3.63) is 29.7 Å². The molecule has 0 bridgehead atoms. The van der Waals surface area contributed by atoms with Gasteiger partial charge < -0.3 is 0 Å². The Bertz CT molecular complexity index is 473. The second-order valence-electron chi connectivity index (χ2n) is 3.51. The van der Waals surface area contributed by atoms with Gasteiger partial charge >= 0.3 is 0 Å². The maximum Gasteiger partial charge on any atom is 0.156 e. The molecular formula is C10H11N3O. The Hall–Kier alpha value is -1.71. The van der Waals surface area contributed by atoms with E-state index in [0.717, 1.165) is 17.8 Å². The number of nitrogens with zero attached hydrogens (tertiary/aromatic N) is 3. The van der Waals surface area contributed by atoms with Crippen LogP contribution in [-0.4, -0.2) is 20.9 Å². The second-order valence-corrected chi connectivity index (χ2v) is 3.51. The average molecular weight is 189 g/mol. The third-order valence-corrected chi connectivity index (χ3v) is 2.03. The molecule has 0 radical (unpaired) electrons. The fourth-order valence-corrected chi connectivity index (χ4v) is 1.23. The lowest BCUT2D eigenvalue weighted by atomic mass is 10.2. The summed E-state index contributed by atoms with van der Waals surface area (Å²) in [6.45, 7) is 4.07. The van der Waals surface area contributed by atoms with Crippen molar-refractivity contribution in [2.75, 3.05) is 0 Å². The summed E-state index contributed by atoms with van der Waals surface area (Å²) in [6, 6.07) is 3.45. The summed E-state index contributed by atoms with van der Waals surface area (Å²) in [5.41, 5.74) is 1.35. The minimum absolute atomic E-state index is 0.301. The predicted molar refractivity (Wildman–Crippen MR) is 52.5 cm³/mol. The van der Waals surface area contributed by atoms with E-state index in [2.05, 4.69) is 10.1 Å². The number of hydrogen-bond donors (Lipinski definition) is 0. The molecule has 0 N–H and O–H groups in total. The van der Waals surface area contributed by atoms with E-state index in [1.165, 1.54) is 0 Å². The Morgan fingerprint density at radius 2 is 2.29 bits per heavy atom. The molecule has 14 heavy (non-hydrogen) atoms. The first-order valence-electron chi connectivity index (χ1n) is 4.52. The number of carbonyl (C=O) groups is 1. The van der Waals surface area contributed by atoms with Crippen LogP contribution in [0, 0.1) is 0 Å². The zero-order chi connectivity index (χ0) is 10.1. The highest BCUT2D eigenvalue weighted by Crippen LogP contribution is 2.11. The highest BCUT2D eigenvalue weighted by atomic mass is 16.1. The predicted octanol–water partition coefficient (Wildman–Crippen LogP) is 1.67. The highest BCUT2D eigenvalue weighted by molar-refractivity contribution is 5.76. The number of fused-ring (bicyclic) bond motifs is 1. The van der Waals surface area contributed by atoms with Gasteiger partial charge in [-0.1, -0.05) is 13.8 Å². The van der Waals surface area contributed by atoms with E-state index in [-0.39, 0.29) is 0 Å². The van der Waals surface area contributed by atoms with E-state index in [1.807, 2.05) is 13.8 Å². The highest BCUT2D eigenvalue weighted by Gasteiger charge is 2.07. The molecule has 0 atom stereocenters. The van der Waals surface area contributed by atoms with Crippen LogP contribution in [0.25, 0.3) is 5.65 Å². The molecule has 0 aliphatic heterocycles. The van der Waals surface area contributed by atoms with Gasteiger partial charge in [0.05, 0.1) is 0 Å². The molecule has 2 rings (SSSR count). The quantitative estimate of drug-likeness (QED) is 0.675. The van der Waals surface area contributed by atoms with Gasteiger partial charge in [-0.15, -0.1) is 0 Å². The van der Waals surface area contributed by atoms with Gasteiger partial charge in [0.2, 0.25) is 0 Å². The SMILES string of the molecule is CC(C)c1nc2cc(C=O)ccn2n1. The van der Waals surface area contributed by atoms with Crippen LogP contribution in [0.1, 0.15) is 35.9 Å². The number of carbonyl (C=O) groups excluding carboxylic acids is 1. The first-order valence-corrected chi connectivity index (χ1v) is 4.52. The fourth-order valence-electron chi connectivity index (χ4n) is 1.23. The summed E-state index contributed by atoms with van der Waals surface area (Å²) in [7, 11) is 0. The Kier molecular flexibility index (Phi) is 2.04. The van der Waals surface area contributed by atoms with Crippen molar-refractivity contribution < 1.29 is 4.79 Å². The van der Waals surface area contributed by atoms with E-state index in [0.29, 0.717) is 11.5 Å². The molecule has 2 aromatic rings. The van der Waals surface area contributed by atoms with Crippen LogP contribution >= 0.6 is 0 Å². The molecule has 2 aromatic heterocycles. The first kappa shape index (κ1) is 8.87. The minimum Gasteiger partial charge on any atom is -0.298 e. The summed E-state index contributed by atoms with van der Waals surface area (Å²) in [5.74, 6) is 1.10. The van der Waals surface area contributed by atoms with Gasteiger partial charge in [0.1, 0.15) is 6.29 Å². The Morgan fingerprint density at radius 1 is 1.50 bits per heavy atom. The molecule has 0 fully saturated rings. The van der Waals surface area contributed by atoms with Crippen LogP contribution in [0.5, 0.6) is 0 Å². The summed E-state index contributed by atoms with van der Waals surface area (Å²) < 4.78 is 1.68. The third kappa shape index (κ3) is 1.39. The van der Waals surface area contributed by atoms with Gasteiger partial charge in [0.25, 0.3) is 0 Å². The molecule has 0 amide bonds. The van der Waals surface area contributed by atoms with Crippen LogP contribution in [0.4, 0.5) is 0 Å². The molecule has 0 unspecified atom stereocenters. The third-order valence-electron chi connectivity index (χ3n) is 2.03. The maximum atomic E-state index is 10.5. The van der Waals surface area contributed by atoms with Crippen molar-refractivity contribution in [3.8, 4) is 0 Å². The average Bonchev–Trinajstić information content (AvgIpc) is 2.59. The molecule has 72 valence electrons. The van der Waals surface area contributed by atoms with E-state index >= 15 is 0 Å². The molecule has 0 spiro atoms. The molecule has 4 heteroatoms. The van der Waals surface area contributed by atoms with Gasteiger partial charge in [-0.25, -0.2) is 9.50 Å². The van der Waals surface area contributed by atoms with E-state index in [4.69, 9.17) is 0 Å². The molecule has 0 saturated carbocycles. The monoisotopic (exact) mass is 189 g/mol. The number of pyridine rings is 1. The summed E-state index contributed by atoms with van der Waals surface area (Å²) >= 11 is 0. The van der Waals surface area contributed by atoms with E-state index in [9.17, 15) is 4.79 Å². The Labute approximate surface area is 81.6 Å². The minimum atomic E-state index is 0.301. The van der Waals surface area contributed by atoms with Gasteiger partial charge in [-0.3, -0.25) is 4.79 Å². The molecule has 0 saturated heterocycles. The second kappa shape index (κ2) is 3.21. The van der Waals surface area contributed by atoms with Crippen molar-refractivity contribution >= 4 is 11.9 Å². The van der Waals surface area contributed by atoms with Crippen molar-refractivity contribution in [2.45, 2.75) is 19.8 Å². The lowest BCUT2D eigenvalue weighted by Crippen LogP contribution is -1.91. The Balaban J connectivity index is 2.59. The lowest BCUT2D eigenvalue weighted by molar-refractivity contribution is 0.112. The summed E-state index contributed by atoms with van der Waals surface area (Å²) in [4.78, 5) is 14.8. The lowest BCUT2D eigenvalue weighted by Gasteiger charge is -1.92. The topological polar surface area (TPSA) is 47.3 Å². The van der Waals surface area contributed by atoms with Crippen LogP contribution < -0.4 is 0 Å². The number of aldehydes is 1. The number of aromatic nitrogens is 3. The zero-order valence-electron chi connectivity index (χ0n) is 8.14. The molecule has 4 nitrogen and oxygen atoms in total. The van der Waals surface area contributed by atoms with Gasteiger partial charge in [0, 0.05) is 17.7 Å². The number of hydrogen-bond acceptors (Lipinski definition) is 3. The smallest absolute Gasteiger partial charge is 0.156 e. The van der Waals surface area contributed by atoms with E-state index in [1.54, 1.807) is 22.8 Å². The largest absolute Gasteiger partial charge is 0.298 e. The maximum absolute atomic E-state index is 10.5. The number of rotatable bonds is 2. The molecule has 0 aromatic carbocycles. The van der Waals surface area contributed by atoms with Crippen molar-refractivity contribution in [2.24, 2.45) is 0 Å². The van der Waals surface area contributed by atoms with Crippen molar-refractivity contribution in [1.82, 2.24) is 14.6 Å². The van der Waals surface area contributed by atoms with Crippen molar-refractivity contribution in [3.63, 3.8) is 0 Å². The molecular weight excluding hydrogens is 178 g/mol. The standard InChI is InChI=1S/C10H11N3O/c1-7(2)10-11-9-5-8(6-14)3-4-13(9)12-10/h3-7H,1-2H3. The van der Waals surface area contributed by atoms with Crippen LogP contribution in [0.15, 0.2) is 18.3 Å².